The van der Waals surface area contributed by atoms with Gasteiger partial charge in [-0.1, -0.05) is 18.2 Å². The fourth-order valence-corrected chi connectivity index (χ4v) is 2.48. The molecule has 0 atom stereocenters. The monoisotopic (exact) mass is 290 g/mol. The first kappa shape index (κ1) is 15.5. The van der Waals surface area contributed by atoms with E-state index in [4.69, 9.17) is 4.74 Å². The molecule has 114 valence electrons. The Morgan fingerprint density at radius 1 is 1.19 bits per heavy atom. The molecule has 0 aromatic heterocycles. The molecule has 0 bridgehead atoms. The van der Waals surface area contributed by atoms with Crippen molar-refractivity contribution in [3.63, 3.8) is 0 Å². The molecule has 0 unspecified atom stereocenters. The van der Waals surface area contributed by atoms with Gasteiger partial charge in [-0.25, -0.2) is 0 Å². The summed E-state index contributed by atoms with van der Waals surface area (Å²) in [5.41, 5.74) is 0.731. The minimum absolute atomic E-state index is 0.0372. The van der Waals surface area contributed by atoms with Crippen LogP contribution in [0.15, 0.2) is 30.3 Å². The lowest BCUT2D eigenvalue weighted by molar-refractivity contribution is -0.142. The molecule has 1 heterocycles. The summed E-state index contributed by atoms with van der Waals surface area (Å²) in [5.74, 6) is -0.438. The van der Waals surface area contributed by atoms with E-state index in [0.717, 1.165) is 31.6 Å². The van der Waals surface area contributed by atoms with E-state index >= 15 is 0 Å². The van der Waals surface area contributed by atoms with Crippen LogP contribution in [0.5, 0.6) is 0 Å². The molecule has 1 aliphatic rings. The zero-order valence-corrected chi connectivity index (χ0v) is 12.5. The summed E-state index contributed by atoms with van der Waals surface area (Å²) >= 11 is 0. The van der Waals surface area contributed by atoms with E-state index in [9.17, 15) is 9.59 Å². The number of hydrogen-bond donors (Lipinski definition) is 0. The fourth-order valence-electron chi connectivity index (χ4n) is 2.48. The highest BCUT2D eigenvalue weighted by atomic mass is 16.5. The van der Waals surface area contributed by atoms with E-state index in [2.05, 4.69) is 4.90 Å². The largest absolute Gasteiger partial charge is 0.465 e. The summed E-state index contributed by atoms with van der Waals surface area (Å²) in [4.78, 5) is 27.9. The van der Waals surface area contributed by atoms with Gasteiger partial charge in [-0.15, -0.1) is 0 Å². The standard InChI is InChI=1S/C16H22N2O3/c1-2-21-16(20)13-18(14-8-4-3-5-9-14)15(19)12-17-10-6-7-11-17/h3-5,8-9H,2,6-7,10-13H2,1H3. The number of hydrogen-bond acceptors (Lipinski definition) is 4. The lowest BCUT2D eigenvalue weighted by atomic mass is 10.2. The lowest BCUT2D eigenvalue weighted by Gasteiger charge is -2.24. The van der Waals surface area contributed by atoms with Crippen LogP contribution in [-0.4, -0.2) is 49.6 Å². The van der Waals surface area contributed by atoms with Gasteiger partial charge >= 0.3 is 5.97 Å². The minimum atomic E-state index is -0.379. The van der Waals surface area contributed by atoms with Crippen molar-refractivity contribution >= 4 is 17.6 Å². The van der Waals surface area contributed by atoms with Crippen molar-refractivity contribution in [3.8, 4) is 0 Å². The Morgan fingerprint density at radius 3 is 2.48 bits per heavy atom. The maximum Gasteiger partial charge on any atom is 0.326 e. The van der Waals surface area contributed by atoms with Gasteiger partial charge in [0.25, 0.3) is 0 Å². The topological polar surface area (TPSA) is 49.9 Å². The van der Waals surface area contributed by atoms with Crippen LogP contribution in [0.4, 0.5) is 5.69 Å². The number of rotatable bonds is 6. The average molecular weight is 290 g/mol. The molecule has 1 aromatic carbocycles. The van der Waals surface area contributed by atoms with E-state index in [-0.39, 0.29) is 18.4 Å². The molecule has 0 N–H and O–H groups in total. The molecule has 1 fully saturated rings. The van der Waals surface area contributed by atoms with Crippen LogP contribution in [-0.2, 0) is 14.3 Å². The zero-order valence-electron chi connectivity index (χ0n) is 12.5. The molecule has 21 heavy (non-hydrogen) atoms. The molecule has 0 spiro atoms. The molecule has 1 aromatic rings. The van der Waals surface area contributed by atoms with Crippen molar-refractivity contribution < 1.29 is 14.3 Å². The first-order chi connectivity index (χ1) is 10.2. The molecule has 0 aliphatic carbocycles. The lowest BCUT2D eigenvalue weighted by Crippen LogP contribution is -2.42. The molecule has 0 saturated carbocycles. The maximum atomic E-state index is 12.5. The molecule has 5 heteroatoms. The van der Waals surface area contributed by atoms with Crippen molar-refractivity contribution in [2.24, 2.45) is 0 Å². The van der Waals surface area contributed by atoms with Crippen LogP contribution in [0, 0.1) is 0 Å². The van der Waals surface area contributed by atoms with E-state index in [1.807, 2.05) is 30.3 Å². The van der Waals surface area contributed by atoms with Gasteiger partial charge in [-0.05, 0) is 45.0 Å². The van der Waals surface area contributed by atoms with Crippen molar-refractivity contribution in [1.82, 2.24) is 4.90 Å². The Morgan fingerprint density at radius 2 is 1.86 bits per heavy atom. The minimum Gasteiger partial charge on any atom is -0.465 e. The number of benzene rings is 1. The smallest absolute Gasteiger partial charge is 0.326 e. The van der Waals surface area contributed by atoms with Gasteiger partial charge in [-0.2, -0.15) is 0 Å². The van der Waals surface area contributed by atoms with E-state index < -0.39 is 0 Å². The molecule has 1 saturated heterocycles. The third-order valence-corrected chi connectivity index (χ3v) is 3.52. The third-order valence-electron chi connectivity index (χ3n) is 3.52. The molecule has 1 amide bonds. The van der Waals surface area contributed by atoms with Crippen molar-refractivity contribution in [2.45, 2.75) is 19.8 Å². The summed E-state index contributed by atoms with van der Waals surface area (Å²) in [5, 5.41) is 0. The number of likely N-dealkylation sites (tertiary alicyclic amines) is 1. The SMILES string of the molecule is CCOC(=O)CN(C(=O)CN1CCCC1)c1ccccc1. The second kappa shape index (κ2) is 7.78. The van der Waals surface area contributed by atoms with Gasteiger partial charge in [0.15, 0.2) is 0 Å². The summed E-state index contributed by atoms with van der Waals surface area (Å²) in [6.45, 7) is 4.30. The molecule has 0 radical (unpaired) electrons. The van der Waals surface area contributed by atoms with Gasteiger partial charge in [0, 0.05) is 5.69 Å². The molecular weight excluding hydrogens is 268 g/mol. The Labute approximate surface area is 125 Å². The normalized spacial score (nSPS) is 14.9. The number of carbonyl (C=O) groups is 2. The third kappa shape index (κ3) is 4.56. The van der Waals surface area contributed by atoms with Crippen LogP contribution in [0.1, 0.15) is 19.8 Å². The molecule has 2 rings (SSSR count). The van der Waals surface area contributed by atoms with Crippen molar-refractivity contribution in [1.29, 1.82) is 0 Å². The second-order valence-electron chi connectivity index (χ2n) is 5.10. The molecular formula is C16H22N2O3. The Bertz CT molecular complexity index is 470. The maximum absolute atomic E-state index is 12.5. The number of ether oxygens (including phenoxy) is 1. The fraction of sp³-hybridized carbons (Fsp3) is 0.500. The predicted molar refractivity (Wildman–Crippen MR) is 81.1 cm³/mol. The Balaban J connectivity index is 2.06. The van der Waals surface area contributed by atoms with Crippen LogP contribution in [0.25, 0.3) is 0 Å². The highest BCUT2D eigenvalue weighted by molar-refractivity contribution is 5.98. The molecule has 5 nitrogen and oxygen atoms in total. The summed E-state index contributed by atoms with van der Waals surface area (Å²) < 4.78 is 4.97. The number of nitrogens with zero attached hydrogens (tertiary/aromatic N) is 2. The van der Waals surface area contributed by atoms with Gasteiger partial charge in [0.1, 0.15) is 6.54 Å². The number of carbonyl (C=O) groups excluding carboxylic acids is 2. The Kier molecular flexibility index (Phi) is 5.75. The van der Waals surface area contributed by atoms with Gasteiger partial charge < -0.3 is 9.64 Å². The Hall–Kier alpha value is -1.88. The number of amides is 1. The highest BCUT2D eigenvalue weighted by Gasteiger charge is 2.23. The summed E-state index contributed by atoms with van der Waals surface area (Å²) in [7, 11) is 0. The summed E-state index contributed by atoms with van der Waals surface area (Å²) in [6, 6.07) is 9.27. The van der Waals surface area contributed by atoms with Crippen LogP contribution in [0.3, 0.4) is 0 Å². The first-order valence-corrected chi connectivity index (χ1v) is 7.44. The second-order valence-corrected chi connectivity index (χ2v) is 5.10. The van der Waals surface area contributed by atoms with Gasteiger partial charge in [0.05, 0.1) is 13.2 Å². The first-order valence-electron chi connectivity index (χ1n) is 7.44. The van der Waals surface area contributed by atoms with E-state index in [0.29, 0.717) is 13.2 Å². The van der Waals surface area contributed by atoms with E-state index in [1.54, 1.807) is 6.92 Å². The zero-order chi connectivity index (χ0) is 15.1. The number of para-hydroxylation sites is 1. The number of esters is 1. The number of anilines is 1. The quantitative estimate of drug-likeness (QED) is 0.748. The van der Waals surface area contributed by atoms with Crippen LogP contribution in [0.2, 0.25) is 0 Å². The van der Waals surface area contributed by atoms with Crippen LogP contribution < -0.4 is 4.90 Å². The van der Waals surface area contributed by atoms with E-state index in [1.165, 1.54) is 4.90 Å². The highest BCUT2D eigenvalue weighted by Crippen LogP contribution is 2.15. The summed E-state index contributed by atoms with van der Waals surface area (Å²) in [6.07, 6.45) is 2.27. The van der Waals surface area contributed by atoms with Crippen LogP contribution >= 0.6 is 0 Å². The van der Waals surface area contributed by atoms with Gasteiger partial charge in [-0.3, -0.25) is 14.5 Å². The average Bonchev–Trinajstić information content (AvgIpc) is 2.99. The van der Waals surface area contributed by atoms with Gasteiger partial charge in [0.2, 0.25) is 5.91 Å². The predicted octanol–water partition coefficient (Wildman–Crippen LogP) is 1.68. The van der Waals surface area contributed by atoms with Crippen molar-refractivity contribution in [3.05, 3.63) is 30.3 Å². The molecule has 1 aliphatic heterocycles. The van der Waals surface area contributed by atoms with Crippen molar-refractivity contribution in [2.75, 3.05) is 37.7 Å².